The lowest BCUT2D eigenvalue weighted by molar-refractivity contribution is 0.102. The van der Waals surface area contributed by atoms with Crippen molar-refractivity contribution in [2.75, 3.05) is 11.1 Å². The molecule has 5 heteroatoms. The number of aromatic nitrogens is 2. The van der Waals surface area contributed by atoms with E-state index in [1.54, 1.807) is 0 Å². The van der Waals surface area contributed by atoms with Crippen molar-refractivity contribution in [3.05, 3.63) is 41.1 Å². The minimum atomic E-state index is -0.225. The maximum Gasteiger partial charge on any atom is 0.273 e. The molecule has 2 aromatic rings. The van der Waals surface area contributed by atoms with Crippen LogP contribution in [-0.2, 0) is 12.8 Å². The molecule has 1 aromatic carbocycles. The predicted molar refractivity (Wildman–Crippen MR) is 69.4 cm³/mol. The van der Waals surface area contributed by atoms with Gasteiger partial charge in [-0.3, -0.25) is 9.89 Å². The summed E-state index contributed by atoms with van der Waals surface area (Å²) in [4.78, 5) is 11.9. The lowest BCUT2D eigenvalue weighted by atomic mass is 10.1. The summed E-state index contributed by atoms with van der Waals surface area (Å²) >= 11 is 0. The third-order valence-corrected chi connectivity index (χ3v) is 3.20. The molecule has 0 bridgehead atoms. The number of nitrogen functional groups attached to an aromatic ring is 1. The summed E-state index contributed by atoms with van der Waals surface area (Å²) in [5, 5.41) is 9.16. The van der Waals surface area contributed by atoms with Gasteiger partial charge in [0.05, 0.1) is 0 Å². The molecule has 18 heavy (non-hydrogen) atoms. The van der Waals surface area contributed by atoms with Gasteiger partial charge in [0.25, 0.3) is 5.91 Å². The van der Waals surface area contributed by atoms with E-state index >= 15 is 0 Å². The van der Waals surface area contributed by atoms with Gasteiger partial charge in [0, 0.05) is 11.8 Å². The van der Waals surface area contributed by atoms with Gasteiger partial charge in [0.2, 0.25) is 0 Å². The molecule has 1 amide bonds. The summed E-state index contributed by atoms with van der Waals surface area (Å²) in [6, 6.07) is 7.57. The number of nitrogens with two attached hydrogens (primary N) is 1. The SMILES string of the molecule is Nc1cc(C(=O)Nc2ccc3c(c2)CCC3)[nH]n1. The van der Waals surface area contributed by atoms with Gasteiger partial charge < -0.3 is 11.1 Å². The van der Waals surface area contributed by atoms with E-state index in [0.717, 1.165) is 18.5 Å². The van der Waals surface area contributed by atoms with Gasteiger partial charge in [-0.05, 0) is 42.5 Å². The summed E-state index contributed by atoms with van der Waals surface area (Å²) in [5.74, 6) is 0.0891. The summed E-state index contributed by atoms with van der Waals surface area (Å²) in [6.45, 7) is 0. The Morgan fingerprint density at radius 3 is 2.89 bits per heavy atom. The number of benzene rings is 1. The molecule has 1 aliphatic carbocycles. The van der Waals surface area contributed by atoms with Crippen LogP contribution < -0.4 is 11.1 Å². The quantitative estimate of drug-likeness (QED) is 0.749. The monoisotopic (exact) mass is 242 g/mol. The molecule has 0 unspecified atom stereocenters. The maximum absolute atomic E-state index is 11.9. The van der Waals surface area contributed by atoms with Gasteiger partial charge in [-0.2, -0.15) is 5.10 Å². The zero-order valence-electron chi connectivity index (χ0n) is 9.86. The van der Waals surface area contributed by atoms with Gasteiger partial charge in [0.1, 0.15) is 11.5 Å². The number of anilines is 2. The van der Waals surface area contributed by atoms with Crippen LogP contribution in [0.1, 0.15) is 28.0 Å². The lowest BCUT2D eigenvalue weighted by Gasteiger charge is -2.06. The summed E-state index contributed by atoms with van der Waals surface area (Å²) in [7, 11) is 0. The smallest absolute Gasteiger partial charge is 0.273 e. The number of hydrogen-bond acceptors (Lipinski definition) is 3. The second-order valence-corrected chi connectivity index (χ2v) is 4.50. The maximum atomic E-state index is 11.9. The van der Waals surface area contributed by atoms with Crippen molar-refractivity contribution in [2.45, 2.75) is 19.3 Å². The Balaban J connectivity index is 1.78. The molecule has 0 atom stereocenters. The van der Waals surface area contributed by atoms with Crippen LogP contribution >= 0.6 is 0 Å². The van der Waals surface area contributed by atoms with Crippen LogP contribution in [-0.4, -0.2) is 16.1 Å². The van der Waals surface area contributed by atoms with Crippen LogP contribution in [0.25, 0.3) is 0 Å². The molecular weight excluding hydrogens is 228 g/mol. The molecule has 0 aliphatic heterocycles. The fourth-order valence-corrected chi connectivity index (χ4v) is 2.30. The third-order valence-electron chi connectivity index (χ3n) is 3.20. The Morgan fingerprint density at radius 2 is 2.11 bits per heavy atom. The van der Waals surface area contributed by atoms with Crippen LogP contribution in [0, 0.1) is 0 Å². The van der Waals surface area contributed by atoms with Crippen molar-refractivity contribution in [2.24, 2.45) is 0 Å². The summed E-state index contributed by atoms with van der Waals surface area (Å²) < 4.78 is 0. The molecule has 1 aliphatic rings. The van der Waals surface area contributed by atoms with Crippen LogP contribution in [0.3, 0.4) is 0 Å². The zero-order chi connectivity index (χ0) is 12.5. The number of fused-ring (bicyclic) bond motifs is 1. The fraction of sp³-hybridized carbons (Fsp3) is 0.231. The molecule has 1 heterocycles. The van der Waals surface area contributed by atoms with Crippen molar-refractivity contribution in [1.82, 2.24) is 10.2 Å². The van der Waals surface area contributed by atoms with Crippen LogP contribution in [0.2, 0.25) is 0 Å². The van der Waals surface area contributed by atoms with E-state index in [1.165, 1.54) is 23.6 Å². The van der Waals surface area contributed by atoms with Crippen LogP contribution in [0.5, 0.6) is 0 Å². The zero-order valence-corrected chi connectivity index (χ0v) is 9.86. The van der Waals surface area contributed by atoms with E-state index in [2.05, 4.69) is 21.6 Å². The van der Waals surface area contributed by atoms with Crippen molar-refractivity contribution < 1.29 is 4.79 Å². The Labute approximate surface area is 104 Å². The second-order valence-electron chi connectivity index (χ2n) is 4.50. The Bertz CT molecular complexity index is 603. The van der Waals surface area contributed by atoms with E-state index in [1.807, 2.05) is 12.1 Å². The minimum Gasteiger partial charge on any atom is -0.382 e. The van der Waals surface area contributed by atoms with Crippen LogP contribution in [0.4, 0.5) is 11.5 Å². The number of nitrogens with one attached hydrogen (secondary N) is 2. The Hall–Kier alpha value is -2.30. The second kappa shape index (κ2) is 4.18. The highest BCUT2D eigenvalue weighted by Crippen LogP contribution is 2.25. The predicted octanol–water partition coefficient (Wildman–Crippen LogP) is 1.73. The highest BCUT2D eigenvalue weighted by molar-refractivity contribution is 6.03. The van der Waals surface area contributed by atoms with E-state index < -0.39 is 0 Å². The highest BCUT2D eigenvalue weighted by Gasteiger charge is 2.13. The van der Waals surface area contributed by atoms with Crippen LogP contribution in [0.15, 0.2) is 24.3 Å². The molecule has 0 saturated heterocycles. The molecule has 0 fully saturated rings. The first-order valence-electron chi connectivity index (χ1n) is 5.96. The minimum absolute atomic E-state index is 0.225. The average Bonchev–Trinajstić information content (AvgIpc) is 2.96. The molecule has 92 valence electrons. The highest BCUT2D eigenvalue weighted by atomic mass is 16.1. The van der Waals surface area contributed by atoms with Crippen molar-refractivity contribution >= 4 is 17.4 Å². The first kappa shape index (κ1) is 10.8. The van der Waals surface area contributed by atoms with Crippen molar-refractivity contribution in [3.63, 3.8) is 0 Å². The number of amides is 1. The van der Waals surface area contributed by atoms with E-state index in [9.17, 15) is 4.79 Å². The first-order chi connectivity index (χ1) is 8.72. The topological polar surface area (TPSA) is 83.8 Å². The van der Waals surface area contributed by atoms with E-state index in [4.69, 9.17) is 5.73 Å². The molecule has 0 spiro atoms. The molecule has 0 saturated carbocycles. The van der Waals surface area contributed by atoms with E-state index in [-0.39, 0.29) is 5.91 Å². The van der Waals surface area contributed by atoms with Gasteiger partial charge >= 0.3 is 0 Å². The molecular formula is C13H14N4O. The number of rotatable bonds is 2. The fourth-order valence-electron chi connectivity index (χ4n) is 2.30. The Morgan fingerprint density at radius 1 is 1.28 bits per heavy atom. The molecule has 1 aromatic heterocycles. The number of hydrogen-bond donors (Lipinski definition) is 3. The van der Waals surface area contributed by atoms with Gasteiger partial charge in [-0.15, -0.1) is 0 Å². The average molecular weight is 242 g/mol. The van der Waals surface area contributed by atoms with Crippen molar-refractivity contribution in [1.29, 1.82) is 0 Å². The molecule has 0 radical (unpaired) electrons. The molecule has 4 N–H and O–H groups in total. The summed E-state index contributed by atoms with van der Waals surface area (Å²) in [5.41, 5.74) is 9.36. The number of H-pyrrole nitrogens is 1. The number of aromatic amines is 1. The molecule has 3 rings (SSSR count). The Kier molecular flexibility index (Phi) is 2.51. The lowest BCUT2D eigenvalue weighted by Crippen LogP contribution is -2.12. The largest absolute Gasteiger partial charge is 0.382 e. The molecule has 5 nitrogen and oxygen atoms in total. The van der Waals surface area contributed by atoms with Gasteiger partial charge in [-0.25, -0.2) is 0 Å². The van der Waals surface area contributed by atoms with E-state index in [0.29, 0.717) is 11.5 Å². The number of carbonyl (C=O) groups is 1. The number of carbonyl (C=O) groups excluding carboxylic acids is 1. The normalized spacial score (nSPS) is 13.3. The number of nitrogens with zero attached hydrogens (tertiary/aromatic N) is 1. The van der Waals surface area contributed by atoms with Gasteiger partial charge in [0.15, 0.2) is 0 Å². The van der Waals surface area contributed by atoms with Gasteiger partial charge in [-0.1, -0.05) is 6.07 Å². The summed E-state index contributed by atoms with van der Waals surface area (Å²) in [6.07, 6.45) is 3.43. The standard InChI is InChI=1S/C13H14N4O/c14-12-7-11(16-17-12)13(18)15-10-5-4-8-2-1-3-9(8)6-10/h4-7H,1-3H2,(H,15,18)(H3,14,16,17). The third kappa shape index (κ3) is 1.95. The number of aryl methyl sites for hydroxylation is 2. The van der Waals surface area contributed by atoms with Crippen molar-refractivity contribution in [3.8, 4) is 0 Å². The first-order valence-corrected chi connectivity index (χ1v) is 5.96.